The van der Waals surface area contributed by atoms with Crippen LogP contribution in [-0.4, -0.2) is 95.5 Å². The van der Waals surface area contributed by atoms with Crippen LogP contribution in [0.2, 0.25) is 0 Å². The lowest BCUT2D eigenvalue weighted by Crippen LogP contribution is -2.52. The van der Waals surface area contributed by atoms with Crippen molar-refractivity contribution in [1.82, 2.24) is 29.7 Å². The smallest absolute Gasteiger partial charge is 0.229 e. The number of anilines is 6. The van der Waals surface area contributed by atoms with Crippen molar-refractivity contribution in [2.45, 2.75) is 38.6 Å². The van der Waals surface area contributed by atoms with Gasteiger partial charge < -0.3 is 29.9 Å². The normalized spacial score (nSPS) is 16.4. The molecule has 0 unspecified atom stereocenters. The summed E-state index contributed by atoms with van der Waals surface area (Å²) in [6.07, 6.45) is 11.2. The average Bonchev–Trinajstić information content (AvgIpc) is 3.09. The lowest BCUT2D eigenvalue weighted by atomic mass is 9.96. The second kappa shape index (κ2) is 14.7. The zero-order valence-corrected chi connectivity index (χ0v) is 28.9. The van der Waals surface area contributed by atoms with Gasteiger partial charge in [-0.2, -0.15) is 4.98 Å². The van der Waals surface area contributed by atoms with E-state index in [0.717, 1.165) is 65.6 Å². The first kappa shape index (κ1) is 32.8. The van der Waals surface area contributed by atoms with Crippen molar-refractivity contribution < 1.29 is 4.74 Å². The van der Waals surface area contributed by atoms with Crippen molar-refractivity contribution in [3.05, 3.63) is 60.6 Å². The van der Waals surface area contributed by atoms with Crippen LogP contribution in [0.5, 0.6) is 5.75 Å². The molecule has 11 nitrogen and oxygen atoms in total. The van der Waals surface area contributed by atoms with Crippen LogP contribution in [-0.2, 0) is 0 Å². The first-order valence-corrected chi connectivity index (χ1v) is 17.6. The average molecular weight is 655 g/mol. The molecule has 6 rings (SSSR count). The molecule has 4 aromatic rings. The summed E-state index contributed by atoms with van der Waals surface area (Å²) in [5, 5.41) is 6.94. The van der Waals surface area contributed by atoms with Crippen LogP contribution in [0.1, 0.15) is 43.7 Å². The number of rotatable bonds is 11. The zero-order valence-electron chi connectivity index (χ0n) is 28.1. The molecule has 3 N–H and O–H groups in total. The van der Waals surface area contributed by atoms with Gasteiger partial charge in [-0.25, -0.2) is 4.98 Å². The number of methoxy groups -OCH3 is 1. The van der Waals surface area contributed by atoms with Crippen molar-refractivity contribution in [3.63, 3.8) is 0 Å². The van der Waals surface area contributed by atoms with Crippen LogP contribution < -0.4 is 25.0 Å². The Balaban J connectivity index is 1.25. The Morgan fingerprint density at radius 3 is 2.45 bits per heavy atom. The Morgan fingerprint density at radius 1 is 0.979 bits per heavy atom. The van der Waals surface area contributed by atoms with Gasteiger partial charge in [0, 0.05) is 87.5 Å². The Hall–Kier alpha value is -4.13. The number of benzene rings is 2. The first-order chi connectivity index (χ1) is 22.9. The molecule has 0 amide bonds. The van der Waals surface area contributed by atoms with Gasteiger partial charge in [0.15, 0.2) is 0 Å². The van der Waals surface area contributed by atoms with Crippen LogP contribution in [0.3, 0.4) is 0 Å². The van der Waals surface area contributed by atoms with Gasteiger partial charge in [-0.3, -0.25) is 14.9 Å². The lowest BCUT2D eigenvalue weighted by Gasteiger charge is -2.43. The molecule has 0 saturated carbocycles. The second-order valence-corrected chi connectivity index (χ2v) is 13.1. The highest BCUT2D eigenvalue weighted by Crippen LogP contribution is 2.40. The lowest BCUT2D eigenvalue weighted by molar-refractivity contribution is 0.0982. The van der Waals surface area contributed by atoms with Gasteiger partial charge in [0.1, 0.15) is 17.1 Å². The highest BCUT2D eigenvalue weighted by molar-refractivity contribution is 7.99. The zero-order chi connectivity index (χ0) is 32.9. The second-order valence-electron chi connectivity index (χ2n) is 12.5. The molecular weight excluding hydrogens is 609 g/mol. The molecule has 0 radical (unpaired) electrons. The highest BCUT2D eigenvalue weighted by atomic mass is 32.2. The minimum absolute atomic E-state index is 0.325. The molecule has 2 fully saturated rings. The number of piperidine rings is 1. The van der Waals surface area contributed by atoms with Gasteiger partial charge in [0.05, 0.1) is 29.7 Å². The van der Waals surface area contributed by atoms with Crippen molar-refractivity contribution in [2.75, 3.05) is 79.9 Å². The van der Waals surface area contributed by atoms with Crippen molar-refractivity contribution in [2.24, 2.45) is 0 Å². The minimum Gasteiger partial charge on any atom is -0.494 e. The van der Waals surface area contributed by atoms with Gasteiger partial charge in [-0.15, -0.1) is 0 Å². The van der Waals surface area contributed by atoms with Crippen LogP contribution in [0.25, 0.3) is 17.1 Å². The molecule has 0 bridgehead atoms. The third-order valence-corrected chi connectivity index (χ3v) is 9.62. The molecule has 0 aliphatic carbocycles. The van der Waals surface area contributed by atoms with Gasteiger partial charge in [0.2, 0.25) is 5.95 Å². The molecule has 4 heterocycles. The summed E-state index contributed by atoms with van der Waals surface area (Å²) in [7, 11) is 3.94. The van der Waals surface area contributed by atoms with Crippen LogP contribution in [0.15, 0.2) is 49.4 Å². The maximum atomic E-state index is 5.95. The number of piperazine rings is 1. The minimum atomic E-state index is 0.325. The van der Waals surface area contributed by atoms with Gasteiger partial charge >= 0.3 is 0 Å². The summed E-state index contributed by atoms with van der Waals surface area (Å²) < 4.78 is 9.31. The molecule has 2 aromatic heterocycles. The van der Waals surface area contributed by atoms with Crippen LogP contribution in [0, 0.1) is 0 Å². The molecule has 2 aromatic carbocycles. The Kier molecular flexibility index (Phi) is 10.3. The molecule has 2 aliphatic heterocycles. The maximum Gasteiger partial charge on any atom is 0.229 e. The molecule has 0 spiro atoms. The summed E-state index contributed by atoms with van der Waals surface area (Å²) in [6.45, 7) is 15.2. The summed E-state index contributed by atoms with van der Waals surface area (Å²) in [6, 6.07) is 8.97. The first-order valence-electron chi connectivity index (χ1n) is 16.3. The maximum absolute atomic E-state index is 5.95. The summed E-state index contributed by atoms with van der Waals surface area (Å²) in [5.74, 6) is 2.15. The number of fused-ring (bicyclic) bond motifs is 1. The number of hydrogen-bond donors (Lipinski definition) is 3. The number of hydrogen-bond acceptors (Lipinski definition) is 12. The number of nitrogens with one attached hydrogen (secondary N) is 3. The number of aromatic nitrogens is 4. The SMILES string of the molecule is C=Cc1cnc(Nc2cc(C(C)C)c(N3CCC(N4CCN(C)CC4)CC3)cc2OC)nc1Nc1ccc2nccnc2c1NSC. The molecule has 248 valence electrons. The largest absolute Gasteiger partial charge is 0.494 e. The van der Waals surface area contributed by atoms with E-state index in [4.69, 9.17) is 9.72 Å². The molecule has 2 saturated heterocycles. The predicted octanol–water partition coefficient (Wildman–Crippen LogP) is 6.59. The fraction of sp³-hybridized carbons (Fsp3) is 0.429. The summed E-state index contributed by atoms with van der Waals surface area (Å²) in [5.41, 5.74) is 7.35. The Morgan fingerprint density at radius 2 is 1.74 bits per heavy atom. The van der Waals surface area contributed by atoms with Gasteiger partial charge in [-0.1, -0.05) is 38.5 Å². The van der Waals surface area contributed by atoms with E-state index >= 15 is 0 Å². The van der Waals surface area contributed by atoms with Crippen molar-refractivity contribution >= 4 is 63.6 Å². The number of ether oxygens (including phenoxy) is 1. The molecule has 12 heteroatoms. The number of likely N-dealkylation sites (N-methyl/N-ethyl adjacent to an activating group) is 1. The Bertz CT molecular complexity index is 1700. The monoisotopic (exact) mass is 654 g/mol. The van der Waals surface area contributed by atoms with Crippen LogP contribution in [0.4, 0.5) is 34.5 Å². The quantitative estimate of drug-likeness (QED) is 0.152. The third kappa shape index (κ3) is 7.24. The van der Waals surface area contributed by atoms with Crippen LogP contribution >= 0.6 is 11.9 Å². The number of nitrogens with zero attached hydrogens (tertiary/aromatic N) is 7. The van der Waals surface area contributed by atoms with E-state index < -0.39 is 0 Å². The highest BCUT2D eigenvalue weighted by Gasteiger charge is 2.28. The van der Waals surface area contributed by atoms with E-state index in [1.807, 2.05) is 18.4 Å². The van der Waals surface area contributed by atoms with E-state index in [9.17, 15) is 0 Å². The molecular formula is C35H46N10OS. The van der Waals surface area contributed by atoms with E-state index in [0.29, 0.717) is 23.7 Å². The van der Waals surface area contributed by atoms with E-state index in [1.54, 1.807) is 31.8 Å². The third-order valence-electron chi connectivity index (χ3n) is 9.21. The van der Waals surface area contributed by atoms with Gasteiger partial charge in [0.25, 0.3) is 0 Å². The van der Waals surface area contributed by atoms with E-state index in [2.05, 4.69) is 84.6 Å². The predicted molar refractivity (Wildman–Crippen MR) is 197 cm³/mol. The van der Waals surface area contributed by atoms with Crippen molar-refractivity contribution in [3.8, 4) is 5.75 Å². The fourth-order valence-electron chi connectivity index (χ4n) is 6.54. The van der Waals surface area contributed by atoms with Gasteiger partial charge in [-0.05, 0) is 49.6 Å². The fourth-order valence-corrected chi connectivity index (χ4v) is 6.95. The summed E-state index contributed by atoms with van der Waals surface area (Å²) >= 11 is 1.49. The molecule has 47 heavy (non-hydrogen) atoms. The standard InChI is InChI=1S/C35H46N10OS/c1-7-24-22-38-35(41-34(24)39-28-9-8-27-32(33(28)42-47-6)37-13-12-36-27)40-29-20-26(23(2)3)30(21-31(29)46-5)45-14-10-25(11-15-45)44-18-16-43(4)17-19-44/h7-9,12-13,20-23,25,42H,1,10-11,14-19H2,2-6H3,(H2,38,39,40,41). The van der Waals surface area contributed by atoms with Crippen molar-refractivity contribution in [1.29, 1.82) is 0 Å². The summed E-state index contributed by atoms with van der Waals surface area (Å²) in [4.78, 5) is 26.2. The van der Waals surface area contributed by atoms with E-state index in [-0.39, 0.29) is 0 Å². The Labute approximate surface area is 282 Å². The van der Waals surface area contributed by atoms with E-state index in [1.165, 1.54) is 49.1 Å². The molecule has 2 aliphatic rings. The molecule has 0 atom stereocenters. The topological polar surface area (TPSA) is 107 Å².